The molecule has 2 rings (SSSR count). The van der Waals surface area contributed by atoms with E-state index in [1.807, 2.05) is 0 Å². The molecule has 1 N–H and O–H groups in total. The summed E-state index contributed by atoms with van der Waals surface area (Å²) >= 11 is 0. The molecule has 0 saturated heterocycles. The molecule has 0 amide bonds. The summed E-state index contributed by atoms with van der Waals surface area (Å²) in [7, 11) is 0. The van der Waals surface area contributed by atoms with Crippen LogP contribution in [0.5, 0.6) is 0 Å². The van der Waals surface area contributed by atoms with Gasteiger partial charge in [0.2, 0.25) is 0 Å². The number of hydrogen-bond donors (Lipinski definition) is 1. The molecule has 14 heavy (non-hydrogen) atoms. The SMILES string of the molecule is CCC(N[C@@H](C)C1CCCC1)C1CC1. The average Bonchev–Trinajstić information content (AvgIpc) is 2.88. The van der Waals surface area contributed by atoms with Crippen molar-refractivity contribution in [3.8, 4) is 0 Å². The van der Waals surface area contributed by atoms with E-state index in [0.29, 0.717) is 0 Å². The van der Waals surface area contributed by atoms with Crippen LogP contribution in [0.4, 0.5) is 0 Å². The highest BCUT2D eigenvalue weighted by Crippen LogP contribution is 2.35. The molecule has 2 aliphatic rings. The van der Waals surface area contributed by atoms with Crippen LogP contribution < -0.4 is 5.32 Å². The Labute approximate surface area is 88.7 Å². The first-order valence-electron chi connectivity index (χ1n) is 6.57. The first-order valence-corrected chi connectivity index (χ1v) is 6.57. The highest BCUT2D eigenvalue weighted by molar-refractivity contribution is 4.89. The summed E-state index contributed by atoms with van der Waals surface area (Å²) in [6.45, 7) is 4.73. The largest absolute Gasteiger partial charge is 0.311 e. The Hall–Kier alpha value is -0.0400. The molecule has 0 aromatic rings. The second-order valence-electron chi connectivity index (χ2n) is 5.35. The third-order valence-electron chi connectivity index (χ3n) is 4.21. The number of nitrogens with one attached hydrogen (secondary N) is 1. The summed E-state index contributed by atoms with van der Waals surface area (Å²) in [6.07, 6.45) is 10.1. The molecule has 0 aliphatic heterocycles. The van der Waals surface area contributed by atoms with Crippen LogP contribution in [0.25, 0.3) is 0 Å². The molecule has 1 heteroatoms. The summed E-state index contributed by atoms with van der Waals surface area (Å²) in [6, 6.07) is 1.59. The molecule has 1 unspecified atom stereocenters. The summed E-state index contributed by atoms with van der Waals surface area (Å²) in [4.78, 5) is 0. The highest BCUT2D eigenvalue weighted by Gasteiger charge is 2.32. The molecule has 2 fully saturated rings. The molecule has 0 radical (unpaired) electrons. The molecule has 2 atom stereocenters. The fourth-order valence-electron chi connectivity index (χ4n) is 3.02. The second kappa shape index (κ2) is 4.65. The molecular formula is C13H25N. The van der Waals surface area contributed by atoms with Crippen molar-refractivity contribution < 1.29 is 0 Å². The van der Waals surface area contributed by atoms with Gasteiger partial charge in [0.25, 0.3) is 0 Å². The monoisotopic (exact) mass is 195 g/mol. The second-order valence-corrected chi connectivity index (χ2v) is 5.35. The van der Waals surface area contributed by atoms with E-state index in [-0.39, 0.29) is 0 Å². The minimum absolute atomic E-state index is 0.767. The van der Waals surface area contributed by atoms with Crippen LogP contribution in [0, 0.1) is 11.8 Å². The predicted molar refractivity (Wildman–Crippen MR) is 61.4 cm³/mol. The molecule has 1 nitrogen and oxygen atoms in total. The van der Waals surface area contributed by atoms with E-state index in [1.165, 1.54) is 44.9 Å². The molecule has 0 heterocycles. The van der Waals surface area contributed by atoms with E-state index in [4.69, 9.17) is 0 Å². The lowest BCUT2D eigenvalue weighted by atomic mass is 9.97. The molecule has 0 aromatic heterocycles. The van der Waals surface area contributed by atoms with Gasteiger partial charge < -0.3 is 5.32 Å². The Balaban J connectivity index is 1.76. The van der Waals surface area contributed by atoms with E-state index in [9.17, 15) is 0 Å². The van der Waals surface area contributed by atoms with Gasteiger partial charge in [-0.3, -0.25) is 0 Å². The molecule has 0 spiro atoms. The number of rotatable bonds is 5. The Morgan fingerprint density at radius 2 is 1.71 bits per heavy atom. The van der Waals surface area contributed by atoms with Crippen molar-refractivity contribution in [3.63, 3.8) is 0 Å². The average molecular weight is 195 g/mol. The van der Waals surface area contributed by atoms with Crippen molar-refractivity contribution in [2.45, 2.75) is 70.9 Å². The maximum absolute atomic E-state index is 3.87. The Bertz CT molecular complexity index is 168. The van der Waals surface area contributed by atoms with Crippen LogP contribution >= 0.6 is 0 Å². The normalized spacial score (nSPS) is 27.9. The van der Waals surface area contributed by atoms with Crippen molar-refractivity contribution in [1.29, 1.82) is 0 Å². The molecule has 2 saturated carbocycles. The summed E-state index contributed by atoms with van der Waals surface area (Å²) in [5.74, 6) is 1.99. The third kappa shape index (κ3) is 2.50. The van der Waals surface area contributed by atoms with Crippen LogP contribution in [0.15, 0.2) is 0 Å². The molecular weight excluding hydrogens is 170 g/mol. The minimum Gasteiger partial charge on any atom is -0.311 e. The minimum atomic E-state index is 0.767. The van der Waals surface area contributed by atoms with Gasteiger partial charge in [-0.05, 0) is 50.9 Å². The summed E-state index contributed by atoms with van der Waals surface area (Å²) in [5, 5.41) is 3.87. The van der Waals surface area contributed by atoms with Gasteiger partial charge in [-0.1, -0.05) is 19.8 Å². The zero-order chi connectivity index (χ0) is 9.97. The fourth-order valence-corrected chi connectivity index (χ4v) is 3.02. The Morgan fingerprint density at radius 1 is 1.07 bits per heavy atom. The van der Waals surface area contributed by atoms with Crippen molar-refractivity contribution >= 4 is 0 Å². The van der Waals surface area contributed by atoms with Crippen molar-refractivity contribution in [2.75, 3.05) is 0 Å². The zero-order valence-corrected chi connectivity index (χ0v) is 9.76. The van der Waals surface area contributed by atoms with Gasteiger partial charge in [-0.2, -0.15) is 0 Å². The standard InChI is InChI=1S/C13H25N/c1-3-13(12-8-9-12)14-10(2)11-6-4-5-7-11/h10-14H,3-9H2,1-2H3/t10-,13?/m0/s1. The van der Waals surface area contributed by atoms with Gasteiger partial charge in [0, 0.05) is 12.1 Å². The smallest absolute Gasteiger partial charge is 0.00952 e. The first-order chi connectivity index (χ1) is 6.81. The van der Waals surface area contributed by atoms with Gasteiger partial charge in [-0.25, -0.2) is 0 Å². The van der Waals surface area contributed by atoms with Crippen molar-refractivity contribution in [3.05, 3.63) is 0 Å². The number of hydrogen-bond acceptors (Lipinski definition) is 1. The van der Waals surface area contributed by atoms with E-state index in [2.05, 4.69) is 19.2 Å². The van der Waals surface area contributed by atoms with Crippen LogP contribution in [-0.4, -0.2) is 12.1 Å². The predicted octanol–water partition coefficient (Wildman–Crippen LogP) is 3.34. The van der Waals surface area contributed by atoms with Gasteiger partial charge in [0.15, 0.2) is 0 Å². The molecule has 2 aliphatic carbocycles. The summed E-state index contributed by atoms with van der Waals surface area (Å²) in [5.41, 5.74) is 0. The maximum Gasteiger partial charge on any atom is 0.00952 e. The topological polar surface area (TPSA) is 12.0 Å². The van der Waals surface area contributed by atoms with Gasteiger partial charge in [0.1, 0.15) is 0 Å². The van der Waals surface area contributed by atoms with Gasteiger partial charge in [0.05, 0.1) is 0 Å². The zero-order valence-electron chi connectivity index (χ0n) is 9.76. The van der Waals surface area contributed by atoms with E-state index in [1.54, 1.807) is 0 Å². The quantitative estimate of drug-likeness (QED) is 0.709. The van der Waals surface area contributed by atoms with Gasteiger partial charge in [-0.15, -0.1) is 0 Å². The van der Waals surface area contributed by atoms with Crippen molar-refractivity contribution in [2.24, 2.45) is 11.8 Å². The molecule has 0 bridgehead atoms. The van der Waals surface area contributed by atoms with E-state index < -0.39 is 0 Å². The van der Waals surface area contributed by atoms with Crippen molar-refractivity contribution in [1.82, 2.24) is 5.32 Å². The van der Waals surface area contributed by atoms with E-state index >= 15 is 0 Å². The summed E-state index contributed by atoms with van der Waals surface area (Å²) < 4.78 is 0. The maximum atomic E-state index is 3.87. The molecule has 82 valence electrons. The van der Waals surface area contributed by atoms with Crippen LogP contribution in [0.3, 0.4) is 0 Å². The lowest BCUT2D eigenvalue weighted by Crippen LogP contribution is -2.41. The molecule has 0 aromatic carbocycles. The van der Waals surface area contributed by atoms with Crippen LogP contribution in [0.2, 0.25) is 0 Å². The third-order valence-corrected chi connectivity index (χ3v) is 4.21. The van der Waals surface area contributed by atoms with E-state index in [0.717, 1.165) is 23.9 Å². The fraction of sp³-hybridized carbons (Fsp3) is 1.00. The first kappa shape index (κ1) is 10.5. The highest BCUT2D eigenvalue weighted by atomic mass is 15.0. The lowest BCUT2D eigenvalue weighted by Gasteiger charge is -2.26. The van der Waals surface area contributed by atoms with Crippen LogP contribution in [0.1, 0.15) is 58.8 Å². The van der Waals surface area contributed by atoms with Gasteiger partial charge >= 0.3 is 0 Å². The van der Waals surface area contributed by atoms with Crippen LogP contribution in [-0.2, 0) is 0 Å². The lowest BCUT2D eigenvalue weighted by molar-refractivity contribution is 0.318. The Kier molecular flexibility index (Phi) is 3.48. The Morgan fingerprint density at radius 3 is 2.21 bits per heavy atom.